The van der Waals surface area contributed by atoms with Gasteiger partial charge in [-0.2, -0.15) is 4.84 Å². The zero-order valence-corrected chi connectivity index (χ0v) is 26.1. The van der Waals surface area contributed by atoms with Gasteiger partial charge in [0, 0.05) is 11.3 Å². The molecule has 1 unspecified atom stereocenters. The van der Waals surface area contributed by atoms with Crippen molar-refractivity contribution in [3.05, 3.63) is 11.6 Å². The van der Waals surface area contributed by atoms with Gasteiger partial charge in [0.15, 0.2) is 5.78 Å². The van der Waals surface area contributed by atoms with E-state index in [4.69, 9.17) is 0 Å². The molecule has 5 aliphatic rings. The largest absolute Gasteiger partial charge is 0.544 e. The number of amides is 1. The second kappa shape index (κ2) is 9.46. The molecule has 0 aromatic heterocycles. The minimum atomic E-state index is -5.70. The van der Waals surface area contributed by atoms with Gasteiger partial charge in [0.05, 0.1) is 6.10 Å². The fraction of sp³-hybridized carbons (Fsp3) is 0.875. The minimum absolute atomic E-state index is 0.0189. The quantitative estimate of drug-likeness (QED) is 0.192. The van der Waals surface area contributed by atoms with Gasteiger partial charge in [0.1, 0.15) is 0 Å². The Morgan fingerprint density at radius 1 is 0.907 bits per heavy atom. The van der Waals surface area contributed by atoms with E-state index in [0.717, 1.165) is 31.3 Å². The SMILES string of the molecule is CC1(C)C2CC[C@]3(C)[C@H](C(=O)C=C4[C@@H]5C[C@@](C)(C(=O)N(OC(F)(F)F)C(F)(F)F)CC[C@]5(C)CC[C@]43C)[C@@]2(C)CC[C@@H]1O. The molecule has 244 valence electrons. The highest BCUT2D eigenvalue weighted by Gasteiger charge is 2.70. The zero-order valence-electron chi connectivity index (χ0n) is 26.1. The second-order valence-corrected chi connectivity index (χ2v) is 16.2. The van der Waals surface area contributed by atoms with Gasteiger partial charge in [-0.1, -0.05) is 54.0 Å². The number of aliphatic hydroxyl groups is 1. The molecule has 43 heavy (non-hydrogen) atoms. The van der Waals surface area contributed by atoms with Crippen molar-refractivity contribution in [1.29, 1.82) is 0 Å². The lowest BCUT2D eigenvalue weighted by Gasteiger charge is -2.70. The molecule has 0 heterocycles. The molecule has 0 radical (unpaired) electrons. The first kappa shape index (κ1) is 32.8. The van der Waals surface area contributed by atoms with E-state index in [2.05, 4.69) is 39.5 Å². The predicted octanol–water partition coefficient (Wildman–Crippen LogP) is 8.13. The molecule has 5 rings (SSSR count). The Morgan fingerprint density at radius 2 is 1.51 bits per heavy atom. The van der Waals surface area contributed by atoms with Crippen LogP contribution >= 0.6 is 0 Å². The molecular formula is C32H45F6NO4. The molecule has 0 aromatic rings. The molecular weight excluding hydrogens is 576 g/mol. The number of halogens is 6. The van der Waals surface area contributed by atoms with Crippen LogP contribution in [0.4, 0.5) is 26.3 Å². The lowest BCUT2D eigenvalue weighted by Crippen LogP contribution is -2.66. The molecule has 0 aliphatic heterocycles. The lowest BCUT2D eigenvalue weighted by atomic mass is 9.33. The van der Waals surface area contributed by atoms with Crippen LogP contribution in [0.2, 0.25) is 0 Å². The van der Waals surface area contributed by atoms with Crippen LogP contribution in [0.15, 0.2) is 11.6 Å². The van der Waals surface area contributed by atoms with Crippen molar-refractivity contribution in [2.75, 3.05) is 0 Å². The zero-order chi connectivity index (χ0) is 32.4. The van der Waals surface area contributed by atoms with Gasteiger partial charge in [0.2, 0.25) is 0 Å². The monoisotopic (exact) mass is 621 g/mol. The van der Waals surface area contributed by atoms with Crippen LogP contribution in [-0.2, 0) is 14.4 Å². The summed E-state index contributed by atoms with van der Waals surface area (Å²) < 4.78 is 80.1. The van der Waals surface area contributed by atoms with Gasteiger partial charge in [-0.3, -0.25) is 9.59 Å². The Labute approximate surface area is 249 Å². The van der Waals surface area contributed by atoms with E-state index in [9.17, 15) is 41.0 Å². The Balaban J connectivity index is 1.55. The fourth-order valence-corrected chi connectivity index (χ4v) is 10.9. The highest BCUT2D eigenvalue weighted by molar-refractivity contribution is 5.95. The molecule has 11 heteroatoms. The number of carbonyl (C=O) groups excluding carboxylic acids is 2. The number of hydrogen-bond donors (Lipinski definition) is 1. The summed E-state index contributed by atoms with van der Waals surface area (Å²) in [4.78, 5) is 30.9. The summed E-state index contributed by atoms with van der Waals surface area (Å²) in [6, 6.07) is 0. The third-order valence-corrected chi connectivity index (χ3v) is 13.7. The van der Waals surface area contributed by atoms with Gasteiger partial charge < -0.3 is 5.11 Å². The van der Waals surface area contributed by atoms with Gasteiger partial charge in [0.25, 0.3) is 5.91 Å². The van der Waals surface area contributed by atoms with Crippen molar-refractivity contribution >= 4 is 11.7 Å². The third-order valence-electron chi connectivity index (χ3n) is 13.7. The standard InChI is InChI=1S/C32H45F6NO4/c1-25(2)21-8-11-30(7)23(28(21,5)10-9-22(25)41)20(40)16-18-19-17-27(4,13-12-26(19,3)14-15-29(18,30)6)24(42)39(31(33,34)35)43-32(36,37)38/h16,19,21-23,41H,8-15,17H2,1-7H3/t19-,21?,22-,23+,26+,27-,28-,29+,30+/m0/s1. The number of fused-ring (bicyclic) bond motifs is 7. The van der Waals surface area contributed by atoms with E-state index in [1.54, 1.807) is 6.08 Å². The van der Waals surface area contributed by atoms with E-state index < -0.39 is 57.3 Å². The normalized spacial score (nSPS) is 46.1. The molecule has 1 amide bonds. The van der Waals surface area contributed by atoms with Gasteiger partial charge in [-0.05, 0) is 103 Å². The third kappa shape index (κ3) is 4.63. The molecule has 0 saturated heterocycles. The Kier molecular flexibility index (Phi) is 7.20. The van der Waals surface area contributed by atoms with Crippen molar-refractivity contribution in [2.45, 2.75) is 125 Å². The molecule has 0 aromatic carbocycles. The first-order chi connectivity index (χ1) is 19.4. The summed E-state index contributed by atoms with van der Waals surface area (Å²) in [5, 5.41) is 9.43. The Bertz CT molecular complexity index is 1230. The van der Waals surface area contributed by atoms with Crippen molar-refractivity contribution < 1.29 is 45.9 Å². The van der Waals surface area contributed by atoms with Crippen LogP contribution in [0.1, 0.15) is 106 Å². The maximum atomic E-state index is 14.3. The number of hydroxylamine groups is 2. The average Bonchev–Trinajstić information content (AvgIpc) is 2.86. The molecule has 4 fully saturated rings. The predicted molar refractivity (Wildman–Crippen MR) is 145 cm³/mol. The van der Waals surface area contributed by atoms with Crippen LogP contribution in [0.3, 0.4) is 0 Å². The van der Waals surface area contributed by atoms with E-state index in [1.165, 1.54) is 6.92 Å². The van der Waals surface area contributed by atoms with Crippen LogP contribution in [0.25, 0.3) is 0 Å². The minimum Gasteiger partial charge on any atom is -0.393 e. The van der Waals surface area contributed by atoms with E-state index in [0.29, 0.717) is 19.3 Å². The summed E-state index contributed by atoms with van der Waals surface area (Å²) in [5.74, 6) is -2.41. The second-order valence-electron chi connectivity index (χ2n) is 16.2. The molecule has 9 atom stereocenters. The van der Waals surface area contributed by atoms with Crippen LogP contribution in [-0.4, -0.2) is 40.6 Å². The van der Waals surface area contributed by atoms with Crippen molar-refractivity contribution in [3.63, 3.8) is 0 Å². The highest BCUT2D eigenvalue weighted by Crippen LogP contribution is 2.75. The van der Waals surface area contributed by atoms with E-state index in [1.807, 2.05) is 6.92 Å². The Hall–Kier alpha value is -1.62. The summed E-state index contributed by atoms with van der Waals surface area (Å²) in [5.41, 5.74) is -3.03. The highest BCUT2D eigenvalue weighted by atomic mass is 19.4. The molecule has 5 nitrogen and oxygen atoms in total. The maximum absolute atomic E-state index is 14.3. The molecule has 0 bridgehead atoms. The van der Waals surface area contributed by atoms with Crippen LogP contribution < -0.4 is 0 Å². The van der Waals surface area contributed by atoms with Gasteiger partial charge >= 0.3 is 12.7 Å². The summed E-state index contributed by atoms with van der Waals surface area (Å²) in [6.45, 7) is 14.0. The number of allylic oxidation sites excluding steroid dienone is 2. The van der Waals surface area contributed by atoms with Crippen molar-refractivity contribution in [2.24, 2.45) is 50.2 Å². The molecule has 4 saturated carbocycles. The number of rotatable bonds is 2. The van der Waals surface area contributed by atoms with Crippen molar-refractivity contribution in [3.8, 4) is 0 Å². The molecule has 1 N–H and O–H groups in total. The van der Waals surface area contributed by atoms with E-state index in [-0.39, 0.29) is 41.3 Å². The van der Waals surface area contributed by atoms with Crippen LogP contribution in [0.5, 0.6) is 0 Å². The van der Waals surface area contributed by atoms with Crippen LogP contribution in [0, 0.1) is 50.2 Å². The first-order valence-corrected chi connectivity index (χ1v) is 15.5. The lowest BCUT2D eigenvalue weighted by molar-refractivity contribution is -0.468. The molecule has 0 spiro atoms. The van der Waals surface area contributed by atoms with Gasteiger partial charge in [-0.25, -0.2) is 0 Å². The fourth-order valence-electron chi connectivity index (χ4n) is 10.9. The van der Waals surface area contributed by atoms with E-state index >= 15 is 0 Å². The summed E-state index contributed by atoms with van der Waals surface area (Å²) in [6.07, 6.45) is -5.54. The topological polar surface area (TPSA) is 66.8 Å². The average molecular weight is 622 g/mol. The number of hydrogen-bond acceptors (Lipinski definition) is 4. The number of carbonyl (C=O) groups is 2. The first-order valence-electron chi connectivity index (χ1n) is 15.5. The Morgan fingerprint density at radius 3 is 2.09 bits per heavy atom. The molecule has 5 aliphatic carbocycles. The summed E-state index contributed by atoms with van der Waals surface area (Å²) >= 11 is 0. The number of ketones is 1. The number of alkyl halides is 6. The number of aliphatic hydroxyl groups excluding tert-OH is 1. The number of nitrogens with zero attached hydrogens (tertiary/aromatic N) is 1. The van der Waals surface area contributed by atoms with Gasteiger partial charge in [-0.15, -0.1) is 31.4 Å². The smallest absolute Gasteiger partial charge is 0.393 e. The maximum Gasteiger partial charge on any atom is 0.544 e. The summed E-state index contributed by atoms with van der Waals surface area (Å²) in [7, 11) is 0. The van der Waals surface area contributed by atoms with Crippen molar-refractivity contribution in [1.82, 2.24) is 5.06 Å².